The molecule has 3 rings (SSSR count). The second-order valence-electron chi connectivity index (χ2n) is 6.20. The first-order chi connectivity index (χ1) is 13.5. The number of nitrogens with zero attached hydrogens (tertiary/aromatic N) is 1. The summed E-state index contributed by atoms with van der Waals surface area (Å²) in [6.07, 6.45) is 0.717. The highest BCUT2D eigenvalue weighted by molar-refractivity contribution is 7.14. The molecular formula is C21H20N2O4S. The molecule has 7 heteroatoms. The molecule has 1 N–H and O–H groups in total. The quantitative estimate of drug-likeness (QED) is 0.604. The molecule has 0 fully saturated rings. The average molecular weight is 396 g/mol. The standard InChI is InChI=1S/C21H20N2O4S/c1-13-4-6-16(8-14(13)2)17-12-28-21(22-17)23-20(25)11-27-18-7-5-15(10-24)9-19(18)26-3/h4-10,12H,11H2,1-3H3,(H,22,23,25). The van der Waals surface area contributed by atoms with Crippen LogP contribution in [0.3, 0.4) is 0 Å². The van der Waals surface area contributed by atoms with Gasteiger partial charge in [-0.05, 0) is 49.2 Å². The van der Waals surface area contributed by atoms with E-state index < -0.39 is 0 Å². The van der Waals surface area contributed by atoms with Gasteiger partial charge < -0.3 is 9.47 Å². The Morgan fingerprint density at radius 3 is 2.68 bits per heavy atom. The summed E-state index contributed by atoms with van der Waals surface area (Å²) in [5.41, 5.74) is 4.71. The number of anilines is 1. The lowest BCUT2D eigenvalue weighted by Crippen LogP contribution is -2.20. The van der Waals surface area contributed by atoms with E-state index in [1.54, 1.807) is 18.2 Å². The summed E-state index contributed by atoms with van der Waals surface area (Å²) < 4.78 is 10.7. The van der Waals surface area contributed by atoms with E-state index in [-0.39, 0.29) is 12.5 Å². The van der Waals surface area contributed by atoms with Gasteiger partial charge in [-0.2, -0.15) is 0 Å². The molecule has 1 aromatic heterocycles. The molecule has 28 heavy (non-hydrogen) atoms. The minimum absolute atomic E-state index is 0.199. The van der Waals surface area contributed by atoms with Crippen molar-refractivity contribution < 1.29 is 19.1 Å². The number of rotatable bonds is 7. The second kappa shape index (κ2) is 8.67. The van der Waals surface area contributed by atoms with Gasteiger partial charge in [0.25, 0.3) is 5.91 Å². The smallest absolute Gasteiger partial charge is 0.264 e. The van der Waals surface area contributed by atoms with Crippen molar-refractivity contribution in [1.29, 1.82) is 0 Å². The van der Waals surface area contributed by atoms with Crippen LogP contribution in [0.2, 0.25) is 0 Å². The first-order valence-electron chi connectivity index (χ1n) is 8.59. The summed E-state index contributed by atoms with van der Waals surface area (Å²) in [7, 11) is 1.47. The molecule has 0 radical (unpaired) electrons. The van der Waals surface area contributed by atoms with Gasteiger partial charge in [0, 0.05) is 16.5 Å². The molecule has 0 atom stereocenters. The number of ether oxygens (including phenoxy) is 2. The van der Waals surface area contributed by atoms with E-state index in [4.69, 9.17) is 9.47 Å². The van der Waals surface area contributed by atoms with Gasteiger partial charge in [-0.15, -0.1) is 11.3 Å². The topological polar surface area (TPSA) is 77.5 Å². The molecule has 1 heterocycles. The maximum Gasteiger partial charge on any atom is 0.264 e. The summed E-state index contributed by atoms with van der Waals surface area (Å²) in [4.78, 5) is 27.5. The molecule has 0 saturated carbocycles. The number of aryl methyl sites for hydroxylation is 2. The molecule has 2 aromatic carbocycles. The Labute approximate surface area is 167 Å². The molecule has 0 bridgehead atoms. The third kappa shape index (κ3) is 4.55. The number of methoxy groups -OCH3 is 1. The molecule has 144 valence electrons. The van der Waals surface area contributed by atoms with Crippen molar-refractivity contribution in [1.82, 2.24) is 4.98 Å². The van der Waals surface area contributed by atoms with Crippen molar-refractivity contribution >= 4 is 28.7 Å². The zero-order valence-corrected chi connectivity index (χ0v) is 16.6. The van der Waals surface area contributed by atoms with E-state index in [1.807, 2.05) is 11.4 Å². The summed E-state index contributed by atoms with van der Waals surface area (Å²) in [6.45, 7) is 3.92. The van der Waals surface area contributed by atoms with Gasteiger partial charge in [0.2, 0.25) is 0 Å². The first-order valence-corrected chi connectivity index (χ1v) is 9.47. The van der Waals surface area contributed by atoms with Crippen molar-refractivity contribution in [2.24, 2.45) is 0 Å². The van der Waals surface area contributed by atoms with Crippen molar-refractivity contribution in [3.05, 3.63) is 58.5 Å². The Morgan fingerprint density at radius 2 is 1.96 bits per heavy atom. The van der Waals surface area contributed by atoms with E-state index in [0.717, 1.165) is 11.3 Å². The average Bonchev–Trinajstić information content (AvgIpc) is 3.16. The van der Waals surface area contributed by atoms with Crippen molar-refractivity contribution in [2.45, 2.75) is 13.8 Å². The zero-order chi connectivity index (χ0) is 20.1. The van der Waals surface area contributed by atoms with Crippen LogP contribution < -0.4 is 14.8 Å². The highest BCUT2D eigenvalue weighted by atomic mass is 32.1. The SMILES string of the molecule is COc1cc(C=O)ccc1OCC(=O)Nc1nc(-c2ccc(C)c(C)c2)cs1. The van der Waals surface area contributed by atoms with Crippen molar-refractivity contribution in [3.8, 4) is 22.8 Å². The number of aromatic nitrogens is 1. The van der Waals surface area contributed by atoms with Crippen LogP contribution in [0.5, 0.6) is 11.5 Å². The van der Waals surface area contributed by atoms with Gasteiger partial charge in [0.05, 0.1) is 12.8 Å². The fraction of sp³-hybridized carbons (Fsp3) is 0.190. The molecule has 0 spiro atoms. The zero-order valence-electron chi connectivity index (χ0n) is 15.8. The summed E-state index contributed by atoms with van der Waals surface area (Å²) in [6, 6.07) is 10.9. The van der Waals surface area contributed by atoms with Crippen molar-refractivity contribution in [2.75, 3.05) is 19.0 Å². The third-order valence-electron chi connectivity index (χ3n) is 4.24. The number of carbonyl (C=O) groups is 2. The maximum absolute atomic E-state index is 12.2. The fourth-order valence-corrected chi connectivity index (χ4v) is 3.28. The van der Waals surface area contributed by atoms with Crippen LogP contribution >= 0.6 is 11.3 Å². The second-order valence-corrected chi connectivity index (χ2v) is 7.06. The largest absolute Gasteiger partial charge is 0.493 e. The van der Waals surface area contributed by atoms with Gasteiger partial charge >= 0.3 is 0 Å². The molecule has 0 aliphatic heterocycles. The lowest BCUT2D eigenvalue weighted by Gasteiger charge is -2.10. The Hall–Kier alpha value is -3.19. The van der Waals surface area contributed by atoms with Crippen LogP contribution in [0, 0.1) is 13.8 Å². The van der Waals surface area contributed by atoms with Crippen molar-refractivity contribution in [3.63, 3.8) is 0 Å². The molecular weight excluding hydrogens is 376 g/mol. The number of hydrogen-bond acceptors (Lipinski definition) is 6. The molecule has 0 unspecified atom stereocenters. The van der Waals surface area contributed by atoms with Gasteiger partial charge in [-0.1, -0.05) is 12.1 Å². The van der Waals surface area contributed by atoms with Gasteiger partial charge in [-0.25, -0.2) is 4.98 Å². The Balaban J connectivity index is 1.62. The summed E-state index contributed by atoms with van der Waals surface area (Å²) >= 11 is 1.35. The molecule has 0 saturated heterocycles. The monoisotopic (exact) mass is 396 g/mol. The van der Waals surface area contributed by atoms with Crippen LogP contribution in [-0.2, 0) is 4.79 Å². The summed E-state index contributed by atoms with van der Waals surface area (Å²) in [5, 5.41) is 5.14. The van der Waals surface area contributed by atoms with E-state index in [0.29, 0.717) is 28.5 Å². The highest BCUT2D eigenvalue weighted by Gasteiger charge is 2.11. The third-order valence-corrected chi connectivity index (χ3v) is 4.99. The molecule has 3 aromatic rings. The first kappa shape index (κ1) is 19.6. The van der Waals surface area contributed by atoms with Gasteiger partial charge in [-0.3, -0.25) is 14.9 Å². The number of benzene rings is 2. The van der Waals surface area contributed by atoms with E-state index in [9.17, 15) is 9.59 Å². The van der Waals surface area contributed by atoms with Gasteiger partial charge in [0.1, 0.15) is 6.29 Å². The Bertz CT molecular complexity index is 1010. The summed E-state index contributed by atoms with van der Waals surface area (Å²) in [5.74, 6) is 0.449. The van der Waals surface area contributed by atoms with E-state index in [2.05, 4.69) is 36.3 Å². The van der Waals surface area contributed by atoms with E-state index >= 15 is 0 Å². The lowest BCUT2D eigenvalue weighted by molar-refractivity contribution is -0.118. The van der Waals surface area contributed by atoms with Crippen LogP contribution in [0.1, 0.15) is 21.5 Å². The lowest BCUT2D eigenvalue weighted by atomic mass is 10.1. The van der Waals surface area contributed by atoms with E-state index in [1.165, 1.54) is 29.6 Å². The number of nitrogens with one attached hydrogen (secondary N) is 1. The predicted molar refractivity (Wildman–Crippen MR) is 110 cm³/mol. The number of carbonyl (C=O) groups excluding carboxylic acids is 2. The van der Waals surface area contributed by atoms with Crippen LogP contribution in [0.25, 0.3) is 11.3 Å². The molecule has 6 nitrogen and oxygen atoms in total. The molecule has 0 aliphatic rings. The number of hydrogen-bond donors (Lipinski definition) is 1. The molecule has 0 aliphatic carbocycles. The highest BCUT2D eigenvalue weighted by Crippen LogP contribution is 2.28. The normalized spacial score (nSPS) is 10.4. The minimum Gasteiger partial charge on any atom is -0.493 e. The number of amides is 1. The van der Waals surface area contributed by atoms with Crippen LogP contribution in [0.15, 0.2) is 41.8 Å². The number of thiazole rings is 1. The predicted octanol–water partition coefficient (Wildman–Crippen LogP) is 4.27. The fourth-order valence-electron chi connectivity index (χ4n) is 2.54. The maximum atomic E-state index is 12.2. The molecule has 1 amide bonds. The number of aldehydes is 1. The Kier molecular flexibility index (Phi) is 6.06. The van der Waals surface area contributed by atoms with Crippen LogP contribution in [-0.4, -0.2) is 30.9 Å². The van der Waals surface area contributed by atoms with Gasteiger partial charge in [0.15, 0.2) is 23.2 Å². The minimum atomic E-state index is -0.331. The Morgan fingerprint density at radius 1 is 1.14 bits per heavy atom. The van der Waals surface area contributed by atoms with Crippen LogP contribution in [0.4, 0.5) is 5.13 Å².